The van der Waals surface area contributed by atoms with Gasteiger partial charge in [-0.25, -0.2) is 0 Å². The van der Waals surface area contributed by atoms with Crippen molar-refractivity contribution in [3.8, 4) is 0 Å². The van der Waals surface area contributed by atoms with Crippen molar-refractivity contribution >= 4 is 29.4 Å². The van der Waals surface area contributed by atoms with Gasteiger partial charge in [0.1, 0.15) is 0 Å². The maximum atomic E-state index is 11.8. The van der Waals surface area contributed by atoms with Crippen molar-refractivity contribution < 1.29 is 4.79 Å². The first kappa shape index (κ1) is 9.71. The highest BCUT2D eigenvalue weighted by atomic mass is 32.2. The minimum Gasteiger partial charge on any atom is -0.351 e. The van der Waals surface area contributed by atoms with Crippen LogP contribution in [0.1, 0.15) is 19.3 Å². The second-order valence-corrected chi connectivity index (χ2v) is 6.07. The Morgan fingerprint density at radius 3 is 2.85 bits per heavy atom. The van der Waals surface area contributed by atoms with E-state index >= 15 is 0 Å². The van der Waals surface area contributed by atoms with Gasteiger partial charge in [-0.3, -0.25) is 4.79 Å². The van der Waals surface area contributed by atoms with Gasteiger partial charge in [0.2, 0.25) is 5.91 Å². The van der Waals surface area contributed by atoms with E-state index < -0.39 is 0 Å². The summed E-state index contributed by atoms with van der Waals surface area (Å²) in [4.78, 5) is 11.8. The van der Waals surface area contributed by atoms with E-state index in [0.29, 0.717) is 6.04 Å². The third-order valence-corrected chi connectivity index (χ3v) is 5.31. The van der Waals surface area contributed by atoms with Crippen LogP contribution in [0.3, 0.4) is 0 Å². The molecule has 1 amide bonds. The smallest absolute Gasteiger partial charge is 0.236 e. The van der Waals surface area contributed by atoms with Gasteiger partial charge >= 0.3 is 0 Å². The number of carbonyl (C=O) groups excluding carboxylic acids is 1. The summed E-state index contributed by atoms with van der Waals surface area (Å²) in [6.45, 7) is 0. The van der Waals surface area contributed by atoms with E-state index in [1.165, 1.54) is 5.75 Å². The SMILES string of the molecule is CSC1(C(=O)NC2CCSC2)CC1. The zero-order valence-corrected chi connectivity index (χ0v) is 9.47. The van der Waals surface area contributed by atoms with Crippen molar-refractivity contribution in [2.45, 2.75) is 30.1 Å². The van der Waals surface area contributed by atoms with E-state index in [-0.39, 0.29) is 10.7 Å². The molecule has 1 atom stereocenters. The van der Waals surface area contributed by atoms with Gasteiger partial charge in [-0.05, 0) is 31.3 Å². The number of rotatable bonds is 3. The Bertz CT molecular complexity index is 210. The van der Waals surface area contributed by atoms with Crippen LogP contribution in [0.5, 0.6) is 0 Å². The normalized spacial score (nSPS) is 30.1. The molecular weight excluding hydrogens is 202 g/mol. The number of hydrogen-bond acceptors (Lipinski definition) is 3. The highest BCUT2D eigenvalue weighted by Gasteiger charge is 2.49. The second-order valence-electron chi connectivity index (χ2n) is 3.73. The third-order valence-electron chi connectivity index (χ3n) is 2.77. The molecule has 1 heterocycles. The highest BCUT2D eigenvalue weighted by Crippen LogP contribution is 2.47. The minimum atomic E-state index is -0.0345. The maximum Gasteiger partial charge on any atom is 0.236 e. The lowest BCUT2D eigenvalue weighted by Crippen LogP contribution is -2.41. The summed E-state index contributed by atoms with van der Waals surface area (Å²) in [5.41, 5.74) is 0. The summed E-state index contributed by atoms with van der Waals surface area (Å²) in [6.07, 6.45) is 5.33. The molecule has 2 aliphatic rings. The Labute approximate surface area is 87.6 Å². The first-order chi connectivity index (χ1) is 6.27. The molecule has 1 saturated heterocycles. The van der Waals surface area contributed by atoms with Crippen LogP contribution >= 0.6 is 23.5 Å². The van der Waals surface area contributed by atoms with Crippen LogP contribution in [0, 0.1) is 0 Å². The Hall–Kier alpha value is 0.170. The van der Waals surface area contributed by atoms with Crippen LogP contribution in [0.2, 0.25) is 0 Å². The summed E-state index contributed by atoms with van der Waals surface area (Å²) in [5.74, 6) is 2.60. The Morgan fingerprint density at radius 1 is 1.62 bits per heavy atom. The molecule has 0 spiro atoms. The molecule has 74 valence electrons. The predicted molar refractivity (Wildman–Crippen MR) is 59.4 cm³/mol. The molecule has 1 saturated carbocycles. The fourth-order valence-electron chi connectivity index (χ4n) is 1.60. The fourth-order valence-corrected chi connectivity index (χ4v) is 3.51. The molecule has 1 aliphatic heterocycles. The van der Waals surface area contributed by atoms with Crippen LogP contribution in [0.4, 0.5) is 0 Å². The number of amides is 1. The Kier molecular flexibility index (Phi) is 2.79. The predicted octanol–water partition coefficient (Wildman–Crippen LogP) is 1.50. The largest absolute Gasteiger partial charge is 0.351 e. The molecule has 1 aliphatic carbocycles. The molecule has 2 nitrogen and oxygen atoms in total. The van der Waals surface area contributed by atoms with E-state index in [1.807, 2.05) is 18.0 Å². The number of carbonyl (C=O) groups is 1. The fraction of sp³-hybridized carbons (Fsp3) is 0.889. The van der Waals surface area contributed by atoms with Crippen LogP contribution < -0.4 is 5.32 Å². The van der Waals surface area contributed by atoms with E-state index in [1.54, 1.807) is 11.8 Å². The van der Waals surface area contributed by atoms with Gasteiger partial charge in [0.25, 0.3) is 0 Å². The number of nitrogens with one attached hydrogen (secondary N) is 1. The Morgan fingerprint density at radius 2 is 2.38 bits per heavy atom. The van der Waals surface area contributed by atoms with Crippen LogP contribution in [0.25, 0.3) is 0 Å². The van der Waals surface area contributed by atoms with Crippen molar-refractivity contribution in [1.29, 1.82) is 0 Å². The lowest BCUT2D eigenvalue weighted by Gasteiger charge is -2.16. The summed E-state index contributed by atoms with van der Waals surface area (Å²) >= 11 is 3.65. The molecule has 2 rings (SSSR count). The van der Waals surface area contributed by atoms with Gasteiger partial charge in [-0.1, -0.05) is 0 Å². The number of thioether (sulfide) groups is 2. The first-order valence-electron chi connectivity index (χ1n) is 4.71. The van der Waals surface area contributed by atoms with E-state index in [2.05, 4.69) is 5.32 Å². The van der Waals surface area contributed by atoms with Crippen LogP contribution in [0.15, 0.2) is 0 Å². The summed E-state index contributed by atoms with van der Waals surface area (Å²) in [5, 5.41) is 3.15. The standard InChI is InChI=1S/C9H15NOS2/c1-12-9(3-4-9)8(11)10-7-2-5-13-6-7/h7H,2-6H2,1H3,(H,10,11). The summed E-state index contributed by atoms with van der Waals surface area (Å²) < 4.78 is -0.0345. The number of hydrogen-bond donors (Lipinski definition) is 1. The Balaban J connectivity index is 1.84. The van der Waals surface area contributed by atoms with Crippen LogP contribution in [-0.2, 0) is 4.79 Å². The van der Waals surface area contributed by atoms with E-state index in [9.17, 15) is 4.79 Å². The molecule has 2 fully saturated rings. The molecular formula is C9H15NOS2. The zero-order chi connectivity index (χ0) is 9.31. The maximum absolute atomic E-state index is 11.8. The van der Waals surface area contributed by atoms with Crippen molar-refractivity contribution in [2.24, 2.45) is 0 Å². The second kappa shape index (κ2) is 3.73. The molecule has 0 bridgehead atoms. The van der Waals surface area contributed by atoms with Gasteiger partial charge in [0, 0.05) is 11.8 Å². The van der Waals surface area contributed by atoms with Crippen molar-refractivity contribution in [3.63, 3.8) is 0 Å². The monoisotopic (exact) mass is 217 g/mol. The highest BCUT2D eigenvalue weighted by molar-refractivity contribution is 8.01. The molecule has 0 aromatic rings. The molecule has 0 radical (unpaired) electrons. The van der Waals surface area contributed by atoms with Crippen molar-refractivity contribution in [1.82, 2.24) is 5.32 Å². The van der Waals surface area contributed by atoms with Gasteiger partial charge in [-0.15, -0.1) is 11.8 Å². The lowest BCUT2D eigenvalue weighted by atomic mass is 10.2. The van der Waals surface area contributed by atoms with Gasteiger partial charge in [0.05, 0.1) is 4.75 Å². The molecule has 1 N–H and O–H groups in total. The average Bonchev–Trinajstić information content (AvgIpc) is 2.79. The van der Waals surface area contributed by atoms with Gasteiger partial charge < -0.3 is 5.32 Å². The molecule has 1 unspecified atom stereocenters. The average molecular weight is 217 g/mol. The molecule has 13 heavy (non-hydrogen) atoms. The van der Waals surface area contributed by atoms with Gasteiger partial charge in [-0.2, -0.15) is 11.8 Å². The third kappa shape index (κ3) is 1.99. The molecule has 4 heteroatoms. The lowest BCUT2D eigenvalue weighted by molar-refractivity contribution is -0.121. The van der Waals surface area contributed by atoms with Crippen molar-refractivity contribution in [3.05, 3.63) is 0 Å². The first-order valence-corrected chi connectivity index (χ1v) is 7.09. The molecule has 0 aromatic heterocycles. The minimum absolute atomic E-state index is 0.0345. The van der Waals surface area contributed by atoms with Gasteiger partial charge in [0.15, 0.2) is 0 Å². The van der Waals surface area contributed by atoms with E-state index in [0.717, 1.165) is 25.0 Å². The molecule has 0 aromatic carbocycles. The zero-order valence-electron chi connectivity index (χ0n) is 7.84. The summed E-state index contributed by atoms with van der Waals surface area (Å²) in [7, 11) is 0. The topological polar surface area (TPSA) is 29.1 Å². The quantitative estimate of drug-likeness (QED) is 0.777. The summed E-state index contributed by atoms with van der Waals surface area (Å²) in [6, 6.07) is 0.446. The van der Waals surface area contributed by atoms with Crippen LogP contribution in [-0.4, -0.2) is 34.5 Å². The van der Waals surface area contributed by atoms with Crippen molar-refractivity contribution in [2.75, 3.05) is 17.8 Å². The van der Waals surface area contributed by atoms with E-state index in [4.69, 9.17) is 0 Å².